The summed E-state index contributed by atoms with van der Waals surface area (Å²) >= 11 is 0. The summed E-state index contributed by atoms with van der Waals surface area (Å²) in [6, 6.07) is 1.17. The van der Waals surface area contributed by atoms with E-state index in [0.717, 1.165) is 0 Å². The molecule has 0 N–H and O–H groups in total. The Morgan fingerprint density at radius 2 is 2.19 bits per heavy atom. The van der Waals surface area contributed by atoms with Gasteiger partial charge in [0.25, 0.3) is 0 Å². The molecule has 0 spiro atoms. The molecule has 7 nitrogen and oxygen atoms in total. The molecule has 1 saturated heterocycles. The second-order valence-electron chi connectivity index (χ2n) is 6.17. The molecule has 27 heavy (non-hydrogen) atoms. The molecular formula is C16H17F4N5O2. The Hall–Kier alpha value is -2.56. The van der Waals surface area contributed by atoms with Gasteiger partial charge in [0.15, 0.2) is 5.69 Å². The maximum atomic E-state index is 14.5. The number of carbonyl (C=O) groups is 1. The summed E-state index contributed by atoms with van der Waals surface area (Å²) in [7, 11) is 0. The highest BCUT2D eigenvalue weighted by Crippen LogP contribution is 2.30. The number of aromatic nitrogens is 4. The molecule has 2 aromatic rings. The zero-order valence-corrected chi connectivity index (χ0v) is 14.4. The van der Waals surface area contributed by atoms with Gasteiger partial charge in [-0.3, -0.25) is 9.88 Å². The molecule has 3 heterocycles. The summed E-state index contributed by atoms with van der Waals surface area (Å²) in [5, 5.41) is 7.40. The van der Waals surface area contributed by atoms with Crippen molar-refractivity contribution in [1.82, 2.24) is 24.9 Å². The molecule has 1 aliphatic rings. The lowest BCUT2D eigenvalue weighted by molar-refractivity contribution is -0.143. The van der Waals surface area contributed by atoms with Crippen molar-refractivity contribution >= 4 is 5.97 Å². The largest absolute Gasteiger partial charge is 0.461 e. The molecule has 11 heteroatoms. The molecule has 1 fully saturated rings. The quantitative estimate of drug-likeness (QED) is 0.579. The fourth-order valence-electron chi connectivity index (χ4n) is 3.01. The van der Waals surface area contributed by atoms with Crippen LogP contribution in [0.15, 0.2) is 18.5 Å². The second-order valence-corrected chi connectivity index (χ2v) is 6.17. The van der Waals surface area contributed by atoms with Crippen molar-refractivity contribution in [2.75, 3.05) is 26.2 Å². The minimum absolute atomic E-state index is 0.0279. The molecule has 1 aliphatic heterocycles. The van der Waals surface area contributed by atoms with E-state index in [9.17, 15) is 22.4 Å². The van der Waals surface area contributed by atoms with Crippen LogP contribution in [0, 0.1) is 5.82 Å². The third kappa shape index (κ3) is 4.59. The van der Waals surface area contributed by atoms with Gasteiger partial charge >= 0.3 is 12.1 Å². The standard InChI is InChI=1S/C16H17F4N5O2/c1-2-27-15(26)13-8-25(23-22-13)11-5-12(17)14(21-6-11)10-3-4-24(7-10)9-16(18,19)20/h5-6,8,10H,2-4,7,9H2,1H3. The lowest BCUT2D eigenvalue weighted by atomic mass is 10.0. The van der Waals surface area contributed by atoms with Gasteiger partial charge < -0.3 is 4.74 Å². The summed E-state index contributed by atoms with van der Waals surface area (Å²) in [5.41, 5.74) is 0.332. The zero-order chi connectivity index (χ0) is 19.6. The van der Waals surface area contributed by atoms with Gasteiger partial charge in [-0.15, -0.1) is 5.10 Å². The number of esters is 1. The summed E-state index contributed by atoms with van der Waals surface area (Å²) in [4.78, 5) is 16.9. The van der Waals surface area contributed by atoms with E-state index in [1.807, 2.05) is 0 Å². The molecule has 3 rings (SSSR count). The Bertz CT molecular complexity index is 823. The number of nitrogens with zero attached hydrogens (tertiary/aromatic N) is 5. The predicted molar refractivity (Wildman–Crippen MR) is 84.9 cm³/mol. The van der Waals surface area contributed by atoms with Gasteiger partial charge in [-0.2, -0.15) is 13.2 Å². The predicted octanol–water partition coefficient (Wildman–Crippen LogP) is 2.33. The normalized spacial score (nSPS) is 18.0. The number of hydrogen-bond donors (Lipinski definition) is 0. The first-order chi connectivity index (χ1) is 12.8. The minimum Gasteiger partial charge on any atom is -0.461 e. The van der Waals surface area contributed by atoms with Gasteiger partial charge in [0.2, 0.25) is 0 Å². The van der Waals surface area contributed by atoms with E-state index in [2.05, 4.69) is 15.3 Å². The Balaban J connectivity index is 1.72. The van der Waals surface area contributed by atoms with Crippen molar-refractivity contribution in [2.24, 2.45) is 0 Å². The lowest BCUT2D eigenvalue weighted by Gasteiger charge is -2.17. The highest BCUT2D eigenvalue weighted by atomic mass is 19.4. The highest BCUT2D eigenvalue weighted by Gasteiger charge is 2.35. The molecule has 0 saturated carbocycles. The molecule has 1 unspecified atom stereocenters. The Morgan fingerprint density at radius 3 is 2.85 bits per heavy atom. The first-order valence-corrected chi connectivity index (χ1v) is 8.31. The van der Waals surface area contributed by atoms with E-state index in [1.165, 1.54) is 28.0 Å². The Morgan fingerprint density at radius 1 is 1.41 bits per heavy atom. The van der Waals surface area contributed by atoms with Crippen LogP contribution in [0.25, 0.3) is 5.69 Å². The van der Waals surface area contributed by atoms with Crippen LogP contribution in [0.5, 0.6) is 0 Å². The molecule has 2 aromatic heterocycles. The Labute approximate surface area is 151 Å². The molecule has 0 bridgehead atoms. The maximum absolute atomic E-state index is 14.5. The van der Waals surface area contributed by atoms with Crippen LogP contribution >= 0.6 is 0 Å². The van der Waals surface area contributed by atoms with Gasteiger partial charge in [-0.1, -0.05) is 5.21 Å². The summed E-state index contributed by atoms with van der Waals surface area (Å²) in [6.45, 7) is 1.15. The van der Waals surface area contributed by atoms with E-state index in [-0.39, 0.29) is 36.8 Å². The van der Waals surface area contributed by atoms with E-state index in [1.54, 1.807) is 6.92 Å². The van der Waals surface area contributed by atoms with Crippen molar-refractivity contribution in [1.29, 1.82) is 0 Å². The first-order valence-electron chi connectivity index (χ1n) is 8.31. The van der Waals surface area contributed by atoms with Gasteiger partial charge in [0.1, 0.15) is 5.82 Å². The lowest BCUT2D eigenvalue weighted by Crippen LogP contribution is -2.32. The Kier molecular flexibility index (Phi) is 5.40. The fourth-order valence-corrected chi connectivity index (χ4v) is 3.01. The van der Waals surface area contributed by atoms with Crippen LogP contribution in [0.4, 0.5) is 17.6 Å². The van der Waals surface area contributed by atoms with Crippen LogP contribution in [0.3, 0.4) is 0 Å². The van der Waals surface area contributed by atoms with Crippen LogP contribution < -0.4 is 0 Å². The second kappa shape index (κ2) is 7.59. The number of carbonyl (C=O) groups excluding carboxylic acids is 1. The highest BCUT2D eigenvalue weighted by molar-refractivity contribution is 5.86. The molecular weight excluding hydrogens is 370 g/mol. The van der Waals surface area contributed by atoms with E-state index >= 15 is 0 Å². The summed E-state index contributed by atoms with van der Waals surface area (Å²) in [6.07, 6.45) is -1.26. The van der Waals surface area contributed by atoms with Crippen molar-refractivity contribution in [3.8, 4) is 5.69 Å². The topological polar surface area (TPSA) is 73.1 Å². The van der Waals surface area contributed by atoms with Gasteiger partial charge in [0.05, 0.1) is 36.9 Å². The molecule has 146 valence electrons. The number of alkyl halides is 3. The van der Waals surface area contributed by atoms with Crippen molar-refractivity contribution in [2.45, 2.75) is 25.4 Å². The van der Waals surface area contributed by atoms with Crippen LogP contribution in [0.1, 0.15) is 35.4 Å². The fraction of sp³-hybridized carbons (Fsp3) is 0.500. The number of hydrogen-bond acceptors (Lipinski definition) is 6. The number of pyridine rings is 1. The van der Waals surface area contributed by atoms with Crippen LogP contribution in [0.2, 0.25) is 0 Å². The van der Waals surface area contributed by atoms with Gasteiger partial charge in [-0.05, 0) is 19.9 Å². The smallest absolute Gasteiger partial charge is 0.401 e. The summed E-state index contributed by atoms with van der Waals surface area (Å²) < 4.78 is 57.9. The molecule has 0 radical (unpaired) electrons. The molecule has 0 amide bonds. The third-order valence-corrected chi connectivity index (χ3v) is 4.16. The molecule has 0 aromatic carbocycles. The SMILES string of the molecule is CCOC(=O)c1cn(-c2cnc(C3CCN(CC(F)(F)F)C3)c(F)c2)nn1. The maximum Gasteiger partial charge on any atom is 0.401 e. The van der Waals surface area contributed by atoms with Crippen molar-refractivity contribution in [3.63, 3.8) is 0 Å². The van der Waals surface area contributed by atoms with E-state index in [0.29, 0.717) is 6.42 Å². The number of ether oxygens (including phenoxy) is 1. The van der Waals surface area contributed by atoms with Crippen molar-refractivity contribution in [3.05, 3.63) is 35.7 Å². The average molecular weight is 387 g/mol. The van der Waals surface area contributed by atoms with Gasteiger partial charge in [-0.25, -0.2) is 13.9 Å². The minimum atomic E-state index is -4.28. The summed E-state index contributed by atoms with van der Waals surface area (Å²) in [5.74, 6) is -1.70. The number of rotatable bonds is 5. The number of halogens is 4. The van der Waals surface area contributed by atoms with Gasteiger partial charge in [0, 0.05) is 18.5 Å². The average Bonchev–Trinajstić information content (AvgIpc) is 3.23. The monoisotopic (exact) mass is 387 g/mol. The third-order valence-electron chi connectivity index (χ3n) is 4.16. The van der Waals surface area contributed by atoms with Crippen LogP contribution in [-0.2, 0) is 4.74 Å². The zero-order valence-electron chi connectivity index (χ0n) is 14.4. The van der Waals surface area contributed by atoms with Crippen LogP contribution in [-0.4, -0.2) is 63.3 Å². The molecule has 0 aliphatic carbocycles. The van der Waals surface area contributed by atoms with Crippen molar-refractivity contribution < 1.29 is 27.1 Å². The van der Waals surface area contributed by atoms with E-state index in [4.69, 9.17) is 4.74 Å². The van der Waals surface area contributed by atoms with E-state index < -0.39 is 30.4 Å². The molecule has 1 atom stereocenters. The first kappa shape index (κ1) is 19.2. The number of likely N-dealkylation sites (tertiary alicyclic amines) is 1.